The van der Waals surface area contributed by atoms with E-state index in [4.69, 9.17) is 9.47 Å². The first-order valence-electron chi connectivity index (χ1n) is 8.81. The number of imidazole rings is 1. The first-order chi connectivity index (χ1) is 12.5. The standard InChI is InChI=1S/C19H28N4O3/c1-6-15(18-20-11-13(3)21-18)22-19(24)23(4)12-14-8-9-16(25-5)17(10-14)26-7-2/h8-11,15H,6-7,12H2,1-5H3,(H,20,21)(H,22,24). The van der Waals surface area contributed by atoms with E-state index >= 15 is 0 Å². The molecule has 0 aliphatic heterocycles. The molecule has 0 aliphatic carbocycles. The molecule has 0 saturated heterocycles. The van der Waals surface area contributed by atoms with Crippen LogP contribution in [0.15, 0.2) is 24.4 Å². The normalized spacial score (nSPS) is 11.7. The lowest BCUT2D eigenvalue weighted by Gasteiger charge is -2.22. The van der Waals surface area contributed by atoms with Crippen molar-refractivity contribution in [3.05, 3.63) is 41.5 Å². The van der Waals surface area contributed by atoms with Crippen molar-refractivity contribution in [2.24, 2.45) is 0 Å². The lowest BCUT2D eigenvalue weighted by molar-refractivity contribution is 0.201. The van der Waals surface area contributed by atoms with E-state index in [2.05, 4.69) is 15.3 Å². The fourth-order valence-corrected chi connectivity index (χ4v) is 2.67. The zero-order chi connectivity index (χ0) is 19.1. The topological polar surface area (TPSA) is 79.5 Å². The summed E-state index contributed by atoms with van der Waals surface area (Å²) in [6.07, 6.45) is 2.52. The van der Waals surface area contributed by atoms with Gasteiger partial charge >= 0.3 is 6.03 Å². The van der Waals surface area contributed by atoms with Gasteiger partial charge in [0.05, 0.1) is 19.8 Å². The number of nitrogens with zero attached hydrogens (tertiary/aromatic N) is 2. The van der Waals surface area contributed by atoms with E-state index in [0.29, 0.717) is 24.7 Å². The van der Waals surface area contributed by atoms with E-state index in [1.807, 2.05) is 39.0 Å². The summed E-state index contributed by atoms with van der Waals surface area (Å²) in [5, 5.41) is 3.02. The molecular weight excluding hydrogens is 332 g/mol. The SMILES string of the molecule is CCOc1cc(CN(C)C(=O)NC(CC)c2ncc(C)[nH]2)ccc1OC. The Hall–Kier alpha value is -2.70. The molecule has 26 heavy (non-hydrogen) atoms. The van der Waals surface area contributed by atoms with E-state index in [-0.39, 0.29) is 12.1 Å². The Bertz CT molecular complexity index is 729. The summed E-state index contributed by atoms with van der Waals surface area (Å²) in [7, 11) is 3.37. The molecule has 1 unspecified atom stereocenters. The number of aromatic amines is 1. The van der Waals surface area contributed by atoms with Crippen LogP contribution in [0.3, 0.4) is 0 Å². The van der Waals surface area contributed by atoms with Crippen LogP contribution in [0.1, 0.15) is 43.4 Å². The average Bonchev–Trinajstić information content (AvgIpc) is 3.06. The third-order valence-electron chi connectivity index (χ3n) is 4.05. The van der Waals surface area contributed by atoms with Crippen molar-refractivity contribution >= 4 is 6.03 Å². The van der Waals surface area contributed by atoms with Gasteiger partial charge in [-0.1, -0.05) is 13.0 Å². The summed E-state index contributed by atoms with van der Waals surface area (Å²) in [6.45, 7) is 6.89. The number of aryl methyl sites for hydroxylation is 1. The molecule has 1 aromatic heterocycles. The van der Waals surface area contributed by atoms with Crippen molar-refractivity contribution < 1.29 is 14.3 Å². The number of H-pyrrole nitrogens is 1. The fraction of sp³-hybridized carbons (Fsp3) is 0.474. The second-order valence-electron chi connectivity index (χ2n) is 6.14. The first-order valence-corrected chi connectivity index (χ1v) is 8.81. The zero-order valence-electron chi connectivity index (χ0n) is 16.1. The lowest BCUT2D eigenvalue weighted by atomic mass is 10.2. The van der Waals surface area contributed by atoms with Crippen LogP contribution in [0.2, 0.25) is 0 Å². The maximum absolute atomic E-state index is 12.5. The second kappa shape index (κ2) is 9.12. The van der Waals surface area contributed by atoms with Crippen molar-refractivity contribution in [1.82, 2.24) is 20.2 Å². The van der Waals surface area contributed by atoms with E-state index < -0.39 is 0 Å². The Morgan fingerprint density at radius 2 is 2.12 bits per heavy atom. The lowest BCUT2D eigenvalue weighted by Crippen LogP contribution is -2.39. The van der Waals surface area contributed by atoms with Crippen LogP contribution < -0.4 is 14.8 Å². The van der Waals surface area contributed by atoms with E-state index in [0.717, 1.165) is 23.5 Å². The van der Waals surface area contributed by atoms with Gasteiger partial charge in [-0.05, 0) is 38.0 Å². The number of methoxy groups -OCH3 is 1. The van der Waals surface area contributed by atoms with Crippen LogP contribution in [-0.2, 0) is 6.54 Å². The average molecular weight is 360 g/mol. The number of carbonyl (C=O) groups excluding carboxylic acids is 1. The molecule has 1 heterocycles. The van der Waals surface area contributed by atoms with Gasteiger partial charge in [-0.2, -0.15) is 0 Å². The van der Waals surface area contributed by atoms with Crippen LogP contribution >= 0.6 is 0 Å². The Morgan fingerprint density at radius 3 is 2.69 bits per heavy atom. The van der Waals surface area contributed by atoms with Gasteiger partial charge in [0.2, 0.25) is 0 Å². The molecule has 2 amide bonds. The number of urea groups is 1. The van der Waals surface area contributed by atoms with Crippen LogP contribution in [0.25, 0.3) is 0 Å². The Balaban J connectivity index is 2.03. The molecule has 2 aromatic rings. The quantitative estimate of drug-likeness (QED) is 0.756. The first kappa shape index (κ1) is 19.6. The van der Waals surface area contributed by atoms with Crippen LogP contribution in [0.4, 0.5) is 4.79 Å². The Morgan fingerprint density at radius 1 is 1.35 bits per heavy atom. The summed E-state index contributed by atoms with van der Waals surface area (Å²) in [4.78, 5) is 21.7. The van der Waals surface area contributed by atoms with Crippen LogP contribution in [0.5, 0.6) is 11.5 Å². The Labute approximate surface area is 154 Å². The Kier molecular flexibility index (Phi) is 6.89. The van der Waals surface area contributed by atoms with Crippen LogP contribution in [0, 0.1) is 6.92 Å². The van der Waals surface area contributed by atoms with Gasteiger partial charge in [-0.3, -0.25) is 0 Å². The highest BCUT2D eigenvalue weighted by atomic mass is 16.5. The van der Waals surface area contributed by atoms with E-state index in [1.54, 1.807) is 25.3 Å². The number of amides is 2. The highest BCUT2D eigenvalue weighted by molar-refractivity contribution is 5.74. The molecular formula is C19H28N4O3. The minimum Gasteiger partial charge on any atom is -0.493 e. The fourth-order valence-electron chi connectivity index (χ4n) is 2.67. The minimum absolute atomic E-state index is 0.145. The smallest absolute Gasteiger partial charge is 0.318 e. The highest BCUT2D eigenvalue weighted by Gasteiger charge is 2.18. The number of carbonyl (C=O) groups is 1. The predicted molar refractivity (Wildman–Crippen MR) is 101 cm³/mol. The van der Waals surface area contributed by atoms with Gasteiger partial charge in [0, 0.05) is 25.5 Å². The number of hydrogen-bond donors (Lipinski definition) is 2. The number of ether oxygens (including phenoxy) is 2. The maximum Gasteiger partial charge on any atom is 0.318 e. The van der Waals surface area contributed by atoms with Gasteiger partial charge < -0.3 is 24.7 Å². The molecule has 2 N–H and O–H groups in total. The van der Waals surface area contributed by atoms with E-state index in [1.165, 1.54) is 0 Å². The number of nitrogens with one attached hydrogen (secondary N) is 2. The summed E-state index contributed by atoms with van der Waals surface area (Å²) >= 11 is 0. The molecule has 2 rings (SSSR count). The number of rotatable bonds is 8. The molecule has 0 saturated carbocycles. The van der Waals surface area contributed by atoms with Crippen molar-refractivity contribution in [3.8, 4) is 11.5 Å². The van der Waals surface area contributed by atoms with Crippen molar-refractivity contribution in [2.45, 2.75) is 39.8 Å². The summed E-state index contributed by atoms with van der Waals surface area (Å²) in [5.41, 5.74) is 1.94. The molecule has 0 fully saturated rings. The molecule has 1 aromatic carbocycles. The van der Waals surface area contributed by atoms with Gasteiger partial charge in [-0.25, -0.2) is 9.78 Å². The second-order valence-corrected chi connectivity index (χ2v) is 6.14. The highest BCUT2D eigenvalue weighted by Crippen LogP contribution is 2.28. The molecule has 0 bridgehead atoms. The van der Waals surface area contributed by atoms with Crippen molar-refractivity contribution in [3.63, 3.8) is 0 Å². The molecule has 0 spiro atoms. The summed E-state index contributed by atoms with van der Waals surface area (Å²) in [6, 6.07) is 5.39. The van der Waals surface area contributed by atoms with E-state index in [9.17, 15) is 4.79 Å². The molecule has 1 atom stereocenters. The predicted octanol–water partition coefficient (Wildman–Crippen LogP) is 3.42. The number of benzene rings is 1. The molecule has 7 heteroatoms. The molecule has 7 nitrogen and oxygen atoms in total. The van der Waals surface area contributed by atoms with Gasteiger partial charge in [0.15, 0.2) is 11.5 Å². The van der Waals surface area contributed by atoms with Crippen molar-refractivity contribution in [2.75, 3.05) is 20.8 Å². The molecule has 0 aliphatic rings. The van der Waals surface area contributed by atoms with Gasteiger partial charge in [0.1, 0.15) is 5.82 Å². The summed E-state index contributed by atoms with van der Waals surface area (Å²) in [5.74, 6) is 2.13. The molecule has 142 valence electrons. The van der Waals surface area contributed by atoms with Crippen molar-refractivity contribution in [1.29, 1.82) is 0 Å². The molecule has 0 radical (unpaired) electrons. The number of aromatic nitrogens is 2. The minimum atomic E-state index is -0.153. The van der Waals surface area contributed by atoms with Gasteiger partial charge in [0.25, 0.3) is 0 Å². The van der Waals surface area contributed by atoms with Crippen LogP contribution in [-0.4, -0.2) is 41.7 Å². The van der Waals surface area contributed by atoms with Gasteiger partial charge in [-0.15, -0.1) is 0 Å². The maximum atomic E-state index is 12.5. The monoisotopic (exact) mass is 360 g/mol. The number of hydrogen-bond acceptors (Lipinski definition) is 4. The summed E-state index contributed by atoms with van der Waals surface area (Å²) < 4.78 is 10.9. The zero-order valence-corrected chi connectivity index (χ0v) is 16.1. The largest absolute Gasteiger partial charge is 0.493 e. The third kappa shape index (κ3) is 4.91. The third-order valence-corrected chi connectivity index (χ3v) is 4.05.